The van der Waals surface area contributed by atoms with E-state index < -0.39 is 0 Å². The van der Waals surface area contributed by atoms with Crippen LogP contribution >= 0.6 is 0 Å². The Hall–Kier alpha value is -0.450. The zero-order valence-electron chi connectivity index (χ0n) is 11.9. The van der Waals surface area contributed by atoms with Crippen molar-refractivity contribution < 1.29 is 14.6 Å². The molecule has 1 saturated carbocycles. The summed E-state index contributed by atoms with van der Waals surface area (Å²) in [6.07, 6.45) is 3.19. The second kappa shape index (κ2) is 7.22. The lowest BCUT2D eigenvalue weighted by molar-refractivity contribution is -0.134. The number of ketones is 1. The van der Waals surface area contributed by atoms with Crippen LogP contribution < -0.4 is 0 Å². The zero-order valence-corrected chi connectivity index (χ0v) is 11.9. The van der Waals surface area contributed by atoms with Crippen LogP contribution in [0.1, 0.15) is 33.1 Å². The van der Waals surface area contributed by atoms with Crippen molar-refractivity contribution in [1.29, 1.82) is 0 Å². The summed E-state index contributed by atoms with van der Waals surface area (Å²) < 4.78 is 5.23. The smallest absolute Gasteiger partial charge is 0.142 e. The van der Waals surface area contributed by atoms with Crippen LogP contribution in [0.15, 0.2) is 0 Å². The van der Waals surface area contributed by atoms with E-state index in [9.17, 15) is 4.79 Å². The van der Waals surface area contributed by atoms with Crippen molar-refractivity contribution in [2.24, 2.45) is 11.3 Å². The summed E-state index contributed by atoms with van der Waals surface area (Å²) in [5.41, 5.74) is -0.142. The van der Waals surface area contributed by atoms with Crippen molar-refractivity contribution in [2.45, 2.75) is 33.1 Å². The molecule has 0 aromatic heterocycles. The summed E-state index contributed by atoms with van der Waals surface area (Å²) in [4.78, 5) is 14.4. The maximum Gasteiger partial charge on any atom is 0.142 e. The Labute approximate surface area is 110 Å². The van der Waals surface area contributed by atoms with Gasteiger partial charge in [-0.2, -0.15) is 0 Å². The Morgan fingerprint density at radius 3 is 2.83 bits per heavy atom. The molecule has 1 aliphatic rings. The SMILES string of the molecule is CN(CCOCCO)CC1CCCC(C)(C)C1=O. The first-order valence-electron chi connectivity index (χ1n) is 6.89. The number of Topliss-reactive ketones (excluding diaryl/α,β-unsaturated/α-hetero) is 1. The number of hydrogen-bond acceptors (Lipinski definition) is 4. The minimum Gasteiger partial charge on any atom is -0.394 e. The summed E-state index contributed by atoms with van der Waals surface area (Å²) in [7, 11) is 2.02. The summed E-state index contributed by atoms with van der Waals surface area (Å²) in [5, 5.41) is 8.60. The first kappa shape index (κ1) is 15.6. The number of aliphatic hydroxyl groups is 1. The number of carbonyl (C=O) groups excluding carboxylic acids is 1. The molecule has 0 bridgehead atoms. The maximum absolute atomic E-state index is 12.3. The Morgan fingerprint density at radius 1 is 1.44 bits per heavy atom. The van der Waals surface area contributed by atoms with E-state index in [0.29, 0.717) is 19.0 Å². The second-order valence-corrected chi connectivity index (χ2v) is 5.94. The summed E-state index contributed by atoms with van der Waals surface area (Å²) in [6, 6.07) is 0. The van der Waals surface area contributed by atoms with E-state index in [2.05, 4.69) is 18.7 Å². The summed E-state index contributed by atoms with van der Waals surface area (Å²) >= 11 is 0. The van der Waals surface area contributed by atoms with Crippen LogP contribution in [0.2, 0.25) is 0 Å². The Balaban J connectivity index is 2.30. The van der Waals surface area contributed by atoms with E-state index in [-0.39, 0.29) is 17.9 Å². The van der Waals surface area contributed by atoms with E-state index in [1.165, 1.54) is 0 Å². The van der Waals surface area contributed by atoms with Crippen LogP contribution in [0, 0.1) is 11.3 Å². The molecule has 1 N–H and O–H groups in total. The molecule has 1 aliphatic carbocycles. The minimum absolute atomic E-state index is 0.0685. The third-order valence-electron chi connectivity index (χ3n) is 3.78. The molecule has 0 radical (unpaired) electrons. The normalized spacial score (nSPS) is 23.6. The Morgan fingerprint density at radius 2 is 2.17 bits per heavy atom. The largest absolute Gasteiger partial charge is 0.394 e. The first-order chi connectivity index (χ1) is 8.47. The van der Waals surface area contributed by atoms with Crippen molar-refractivity contribution in [1.82, 2.24) is 4.90 Å². The molecule has 1 unspecified atom stereocenters. The van der Waals surface area contributed by atoms with Gasteiger partial charge in [0, 0.05) is 24.4 Å². The Bertz CT molecular complexity index is 266. The minimum atomic E-state index is -0.142. The summed E-state index contributed by atoms with van der Waals surface area (Å²) in [6.45, 7) is 6.83. The molecule has 4 heteroatoms. The lowest BCUT2D eigenvalue weighted by Crippen LogP contribution is -2.41. The van der Waals surface area contributed by atoms with Gasteiger partial charge in [-0.15, -0.1) is 0 Å². The van der Waals surface area contributed by atoms with Gasteiger partial charge in [-0.3, -0.25) is 4.79 Å². The monoisotopic (exact) mass is 257 g/mol. The molecule has 0 aromatic rings. The zero-order chi connectivity index (χ0) is 13.6. The molecule has 0 spiro atoms. The quantitative estimate of drug-likeness (QED) is 0.699. The molecule has 0 heterocycles. The van der Waals surface area contributed by atoms with E-state index in [1.807, 2.05) is 7.05 Å². The van der Waals surface area contributed by atoms with Gasteiger partial charge in [0.1, 0.15) is 5.78 Å². The molecule has 0 aliphatic heterocycles. The third kappa shape index (κ3) is 4.67. The fourth-order valence-electron chi connectivity index (χ4n) is 2.63. The highest BCUT2D eigenvalue weighted by Crippen LogP contribution is 2.35. The standard InChI is InChI=1S/C14H27NO3/c1-14(2)6-4-5-12(13(14)17)11-15(3)7-9-18-10-8-16/h12,16H,4-11H2,1-3H3. The number of nitrogens with zero attached hydrogens (tertiary/aromatic N) is 1. The molecule has 1 rings (SSSR count). The molecule has 18 heavy (non-hydrogen) atoms. The molecule has 1 fully saturated rings. The van der Waals surface area contributed by atoms with Gasteiger partial charge in [0.05, 0.1) is 19.8 Å². The van der Waals surface area contributed by atoms with Crippen molar-refractivity contribution in [3.8, 4) is 0 Å². The van der Waals surface area contributed by atoms with Crippen LogP contribution in [0.5, 0.6) is 0 Å². The highest BCUT2D eigenvalue weighted by Gasteiger charge is 2.37. The van der Waals surface area contributed by atoms with E-state index >= 15 is 0 Å². The predicted molar refractivity (Wildman–Crippen MR) is 71.5 cm³/mol. The summed E-state index contributed by atoms with van der Waals surface area (Å²) in [5.74, 6) is 0.591. The number of likely N-dealkylation sites (N-methyl/N-ethyl adjacent to an activating group) is 1. The number of carbonyl (C=O) groups is 1. The maximum atomic E-state index is 12.3. The topological polar surface area (TPSA) is 49.8 Å². The molecule has 0 amide bonds. The van der Waals surface area contributed by atoms with E-state index in [4.69, 9.17) is 9.84 Å². The van der Waals surface area contributed by atoms with Gasteiger partial charge in [-0.05, 0) is 19.9 Å². The van der Waals surface area contributed by atoms with Crippen LogP contribution in [0.3, 0.4) is 0 Å². The average Bonchev–Trinajstić information content (AvgIpc) is 2.31. The number of hydrogen-bond donors (Lipinski definition) is 1. The molecule has 0 saturated heterocycles. The lowest BCUT2D eigenvalue weighted by Gasteiger charge is -2.35. The third-order valence-corrected chi connectivity index (χ3v) is 3.78. The van der Waals surface area contributed by atoms with Gasteiger partial charge in [0.2, 0.25) is 0 Å². The predicted octanol–water partition coefficient (Wildman–Crippen LogP) is 1.32. The van der Waals surface area contributed by atoms with Crippen molar-refractivity contribution in [3.05, 3.63) is 0 Å². The van der Waals surface area contributed by atoms with E-state index in [0.717, 1.165) is 32.4 Å². The fraction of sp³-hybridized carbons (Fsp3) is 0.929. The van der Waals surface area contributed by atoms with Gasteiger partial charge in [-0.1, -0.05) is 20.3 Å². The van der Waals surface area contributed by atoms with Gasteiger partial charge in [0.25, 0.3) is 0 Å². The van der Waals surface area contributed by atoms with Crippen LogP contribution in [-0.4, -0.2) is 55.7 Å². The van der Waals surface area contributed by atoms with Gasteiger partial charge in [-0.25, -0.2) is 0 Å². The van der Waals surface area contributed by atoms with Gasteiger partial charge < -0.3 is 14.7 Å². The first-order valence-corrected chi connectivity index (χ1v) is 6.89. The number of aliphatic hydroxyl groups excluding tert-OH is 1. The van der Waals surface area contributed by atoms with Crippen molar-refractivity contribution in [3.63, 3.8) is 0 Å². The molecule has 0 aromatic carbocycles. The molecular weight excluding hydrogens is 230 g/mol. The van der Waals surface area contributed by atoms with Gasteiger partial charge >= 0.3 is 0 Å². The number of rotatable bonds is 7. The average molecular weight is 257 g/mol. The molecule has 1 atom stereocenters. The van der Waals surface area contributed by atoms with Crippen LogP contribution in [0.25, 0.3) is 0 Å². The lowest BCUT2D eigenvalue weighted by atomic mass is 9.71. The molecule has 4 nitrogen and oxygen atoms in total. The van der Waals surface area contributed by atoms with Gasteiger partial charge in [0.15, 0.2) is 0 Å². The highest BCUT2D eigenvalue weighted by atomic mass is 16.5. The Kier molecular flexibility index (Phi) is 6.26. The molecular formula is C14H27NO3. The number of ether oxygens (including phenoxy) is 1. The van der Waals surface area contributed by atoms with Crippen LogP contribution in [0.4, 0.5) is 0 Å². The van der Waals surface area contributed by atoms with E-state index in [1.54, 1.807) is 0 Å². The highest BCUT2D eigenvalue weighted by molar-refractivity contribution is 5.87. The van der Waals surface area contributed by atoms with Crippen LogP contribution in [-0.2, 0) is 9.53 Å². The fourth-order valence-corrected chi connectivity index (χ4v) is 2.63. The van der Waals surface area contributed by atoms with Crippen molar-refractivity contribution in [2.75, 3.05) is 40.0 Å². The van der Waals surface area contributed by atoms with Crippen molar-refractivity contribution >= 4 is 5.78 Å². The second-order valence-electron chi connectivity index (χ2n) is 5.94. The molecule has 106 valence electrons.